The van der Waals surface area contributed by atoms with Crippen LogP contribution in [-0.2, 0) is 6.54 Å². The number of benzene rings is 1. The van der Waals surface area contributed by atoms with Gasteiger partial charge in [0, 0.05) is 28.9 Å². The minimum Gasteiger partial charge on any atom is -0.252 e. The molecule has 0 saturated heterocycles. The first kappa shape index (κ1) is 17.0. The van der Waals surface area contributed by atoms with E-state index in [4.69, 9.17) is 23.2 Å². The van der Waals surface area contributed by atoms with E-state index < -0.39 is 24.7 Å². The molecule has 0 saturated carbocycles. The molecule has 1 unspecified atom stereocenters. The second-order valence-corrected chi connectivity index (χ2v) is 5.59. The molecule has 3 nitrogen and oxygen atoms in total. The zero-order valence-electron chi connectivity index (χ0n) is 11.1. The average Bonchev–Trinajstić information content (AvgIpc) is 2.90. The van der Waals surface area contributed by atoms with E-state index in [2.05, 4.69) is 10.1 Å². The van der Waals surface area contributed by atoms with Crippen LogP contribution in [0.25, 0.3) is 0 Å². The van der Waals surface area contributed by atoms with E-state index in [-0.39, 0.29) is 11.6 Å². The normalized spacial score (nSPS) is 13.6. The quantitative estimate of drug-likeness (QED) is 0.705. The Hall–Kier alpha value is -1.34. The monoisotopic (exact) mass is 355 g/mol. The summed E-state index contributed by atoms with van der Waals surface area (Å²) in [5.41, 5.74) is 0.307. The molecule has 0 radical (unpaired) electrons. The molecule has 2 rings (SSSR count). The third-order valence-electron chi connectivity index (χ3n) is 3.11. The number of halogens is 6. The first-order valence-corrected chi connectivity index (χ1v) is 6.98. The van der Waals surface area contributed by atoms with Crippen LogP contribution in [0.1, 0.15) is 17.9 Å². The summed E-state index contributed by atoms with van der Waals surface area (Å²) in [4.78, 5) is 3.70. The topological polar surface area (TPSA) is 30.7 Å². The second-order valence-electron chi connectivity index (χ2n) is 4.75. The van der Waals surface area contributed by atoms with E-state index in [0.29, 0.717) is 10.6 Å². The molecule has 22 heavy (non-hydrogen) atoms. The summed E-state index contributed by atoms with van der Waals surface area (Å²) in [7, 11) is 0. The summed E-state index contributed by atoms with van der Waals surface area (Å²) < 4.78 is 53.2. The number of alkyl halides is 4. The second kappa shape index (κ2) is 6.83. The third-order valence-corrected chi connectivity index (χ3v) is 3.68. The smallest absolute Gasteiger partial charge is 0.252 e. The van der Waals surface area contributed by atoms with Crippen LogP contribution in [0.5, 0.6) is 0 Å². The van der Waals surface area contributed by atoms with Gasteiger partial charge in [-0.25, -0.2) is 22.5 Å². The van der Waals surface area contributed by atoms with Gasteiger partial charge in [0.2, 0.25) is 0 Å². The van der Waals surface area contributed by atoms with Gasteiger partial charge in [-0.2, -0.15) is 5.10 Å². The lowest BCUT2D eigenvalue weighted by Crippen LogP contribution is -2.30. The van der Waals surface area contributed by atoms with Gasteiger partial charge in [-0.15, -0.1) is 0 Å². The van der Waals surface area contributed by atoms with Crippen molar-refractivity contribution in [2.45, 2.75) is 31.2 Å². The standard InChI is InChI=1S/C13H11Cl2F4N3/c14-9-1-2-10(11(15)3-9)8(4-13(18,19)12(16)17)5-22-7-20-6-21-22/h1-3,6-8,12H,4-5H2. The molecular weight excluding hydrogens is 345 g/mol. The molecule has 0 fully saturated rings. The highest BCUT2D eigenvalue weighted by Crippen LogP contribution is 2.38. The molecule has 2 aromatic rings. The summed E-state index contributed by atoms with van der Waals surface area (Å²) in [5.74, 6) is -5.09. The Morgan fingerprint density at radius 3 is 2.50 bits per heavy atom. The summed E-state index contributed by atoms with van der Waals surface area (Å²) in [5, 5.41) is 4.28. The van der Waals surface area contributed by atoms with Crippen LogP contribution in [0.4, 0.5) is 17.6 Å². The predicted molar refractivity (Wildman–Crippen MR) is 74.8 cm³/mol. The van der Waals surface area contributed by atoms with Crippen molar-refractivity contribution in [3.05, 3.63) is 46.5 Å². The maximum atomic E-state index is 13.5. The molecule has 0 amide bonds. The predicted octanol–water partition coefficient (Wildman–Crippen LogP) is 4.66. The molecule has 0 bridgehead atoms. The van der Waals surface area contributed by atoms with Crippen LogP contribution in [0.3, 0.4) is 0 Å². The van der Waals surface area contributed by atoms with Gasteiger partial charge in [-0.1, -0.05) is 29.3 Å². The molecule has 1 atom stereocenters. The van der Waals surface area contributed by atoms with Gasteiger partial charge in [0.25, 0.3) is 0 Å². The lowest BCUT2D eigenvalue weighted by Gasteiger charge is -2.24. The van der Waals surface area contributed by atoms with Gasteiger partial charge in [0.1, 0.15) is 12.7 Å². The number of rotatable bonds is 6. The van der Waals surface area contributed by atoms with E-state index in [1.54, 1.807) is 0 Å². The van der Waals surface area contributed by atoms with Crippen molar-refractivity contribution < 1.29 is 17.6 Å². The lowest BCUT2D eigenvalue weighted by molar-refractivity contribution is -0.137. The van der Waals surface area contributed by atoms with E-state index in [0.717, 1.165) is 0 Å². The van der Waals surface area contributed by atoms with Crippen molar-refractivity contribution in [3.8, 4) is 0 Å². The SMILES string of the molecule is FC(F)C(F)(F)CC(Cn1cncn1)c1ccc(Cl)cc1Cl. The molecule has 0 aliphatic rings. The third kappa shape index (κ3) is 4.10. The van der Waals surface area contributed by atoms with E-state index in [1.165, 1.54) is 35.5 Å². The average molecular weight is 356 g/mol. The maximum absolute atomic E-state index is 13.5. The van der Waals surface area contributed by atoms with Gasteiger partial charge >= 0.3 is 12.3 Å². The Balaban J connectivity index is 2.32. The molecule has 120 valence electrons. The summed E-state index contributed by atoms with van der Waals surface area (Å²) in [6, 6.07) is 4.30. The molecule has 0 aliphatic heterocycles. The van der Waals surface area contributed by atoms with Crippen LogP contribution < -0.4 is 0 Å². The number of hydrogen-bond acceptors (Lipinski definition) is 2. The van der Waals surface area contributed by atoms with E-state index >= 15 is 0 Å². The molecule has 0 spiro atoms. The van der Waals surface area contributed by atoms with Crippen LogP contribution >= 0.6 is 23.2 Å². The van der Waals surface area contributed by atoms with Crippen LogP contribution in [0, 0.1) is 0 Å². The Kier molecular flexibility index (Phi) is 5.28. The highest BCUT2D eigenvalue weighted by atomic mass is 35.5. The van der Waals surface area contributed by atoms with E-state index in [1.807, 2.05) is 0 Å². The highest BCUT2D eigenvalue weighted by molar-refractivity contribution is 6.35. The van der Waals surface area contributed by atoms with Gasteiger partial charge < -0.3 is 0 Å². The van der Waals surface area contributed by atoms with Crippen molar-refractivity contribution in [1.82, 2.24) is 14.8 Å². The molecule has 0 aliphatic carbocycles. The Bertz CT molecular complexity index is 620. The summed E-state index contributed by atoms with van der Waals surface area (Å²) in [6.45, 7) is -0.0519. The Labute approximate surface area is 133 Å². The van der Waals surface area contributed by atoms with Crippen molar-refractivity contribution in [3.63, 3.8) is 0 Å². The largest absolute Gasteiger partial charge is 0.308 e. The number of nitrogens with zero attached hydrogens (tertiary/aromatic N) is 3. The first-order chi connectivity index (χ1) is 10.3. The fourth-order valence-corrected chi connectivity index (χ4v) is 2.64. The lowest BCUT2D eigenvalue weighted by atomic mass is 9.92. The molecule has 1 aromatic heterocycles. The van der Waals surface area contributed by atoms with Gasteiger partial charge in [0.15, 0.2) is 0 Å². The van der Waals surface area contributed by atoms with Crippen molar-refractivity contribution >= 4 is 23.2 Å². The van der Waals surface area contributed by atoms with Crippen LogP contribution in [-0.4, -0.2) is 27.1 Å². The minimum absolute atomic E-state index is 0.0519. The molecular formula is C13H11Cl2F4N3. The minimum atomic E-state index is -4.13. The fourth-order valence-electron chi connectivity index (χ4n) is 2.08. The molecule has 0 N–H and O–H groups in total. The Morgan fingerprint density at radius 2 is 1.95 bits per heavy atom. The first-order valence-electron chi connectivity index (χ1n) is 6.23. The summed E-state index contributed by atoms with van der Waals surface area (Å²) >= 11 is 11.8. The van der Waals surface area contributed by atoms with Gasteiger partial charge in [0.05, 0.1) is 0 Å². The van der Waals surface area contributed by atoms with Crippen molar-refractivity contribution in [1.29, 1.82) is 0 Å². The van der Waals surface area contributed by atoms with Gasteiger partial charge in [-0.3, -0.25) is 4.68 Å². The van der Waals surface area contributed by atoms with Crippen LogP contribution in [0.15, 0.2) is 30.9 Å². The number of hydrogen-bond donors (Lipinski definition) is 0. The van der Waals surface area contributed by atoms with Crippen molar-refractivity contribution in [2.24, 2.45) is 0 Å². The number of aromatic nitrogens is 3. The molecule has 1 aromatic carbocycles. The summed E-state index contributed by atoms with van der Waals surface area (Å²) in [6.07, 6.45) is -2.27. The fraction of sp³-hybridized carbons (Fsp3) is 0.385. The Morgan fingerprint density at radius 1 is 1.23 bits per heavy atom. The highest BCUT2D eigenvalue weighted by Gasteiger charge is 2.43. The maximum Gasteiger partial charge on any atom is 0.308 e. The zero-order valence-corrected chi connectivity index (χ0v) is 12.6. The molecule has 1 heterocycles. The van der Waals surface area contributed by atoms with Gasteiger partial charge in [-0.05, 0) is 17.7 Å². The van der Waals surface area contributed by atoms with Crippen molar-refractivity contribution in [2.75, 3.05) is 0 Å². The molecule has 9 heteroatoms. The zero-order chi connectivity index (χ0) is 16.3. The van der Waals surface area contributed by atoms with E-state index in [9.17, 15) is 17.6 Å². The van der Waals surface area contributed by atoms with Crippen LogP contribution in [0.2, 0.25) is 10.0 Å².